The van der Waals surface area contributed by atoms with Crippen LogP contribution in [0.3, 0.4) is 0 Å². The number of hydrogen-bond donors (Lipinski definition) is 2. The van der Waals surface area contributed by atoms with Gasteiger partial charge >= 0.3 is 0 Å². The van der Waals surface area contributed by atoms with Gasteiger partial charge in [0.05, 0.1) is 5.69 Å². The van der Waals surface area contributed by atoms with Crippen molar-refractivity contribution in [1.82, 2.24) is 10.3 Å². The Kier molecular flexibility index (Phi) is 4.86. The molecule has 3 rings (SSSR count). The zero-order valence-electron chi connectivity index (χ0n) is 12.7. The third kappa shape index (κ3) is 3.37. The molecule has 0 amide bonds. The van der Waals surface area contributed by atoms with E-state index in [1.807, 2.05) is 6.92 Å². The van der Waals surface area contributed by atoms with Crippen molar-refractivity contribution in [3.8, 4) is 10.6 Å². The average molecular weight is 320 g/mol. The topological polar surface area (TPSA) is 45.1 Å². The van der Waals surface area contributed by atoms with Crippen LogP contribution in [0.15, 0.2) is 24.3 Å². The van der Waals surface area contributed by atoms with Gasteiger partial charge in [-0.05, 0) is 49.4 Å². The van der Waals surface area contributed by atoms with Gasteiger partial charge in [-0.25, -0.2) is 9.37 Å². The number of thiazole rings is 1. The second-order valence-corrected chi connectivity index (χ2v) is 7.01. The van der Waals surface area contributed by atoms with Crippen molar-refractivity contribution in [2.45, 2.75) is 32.2 Å². The minimum atomic E-state index is -0.220. The summed E-state index contributed by atoms with van der Waals surface area (Å²) in [5.74, 6) is 0.0393. The Balaban J connectivity index is 1.80. The molecule has 0 saturated heterocycles. The van der Waals surface area contributed by atoms with Crippen molar-refractivity contribution in [3.63, 3.8) is 0 Å². The van der Waals surface area contributed by atoms with E-state index in [4.69, 9.17) is 10.1 Å². The van der Waals surface area contributed by atoms with Crippen molar-refractivity contribution in [1.29, 1.82) is 0 Å². The molecule has 118 valence electrons. The number of aliphatic hydroxyl groups is 1. The lowest BCUT2D eigenvalue weighted by atomic mass is 9.97. The summed E-state index contributed by atoms with van der Waals surface area (Å²) in [6, 6.07) is 6.86. The first-order valence-electron chi connectivity index (χ1n) is 7.77. The smallest absolute Gasteiger partial charge is 0.123 e. The van der Waals surface area contributed by atoms with Crippen LogP contribution in [0.1, 0.15) is 36.4 Å². The van der Waals surface area contributed by atoms with Crippen molar-refractivity contribution in [2.75, 3.05) is 13.2 Å². The SMILES string of the molecule is CC(CO)CNC1CCCc2nc(-c3ccc(F)cc3)sc21. The number of nitrogens with one attached hydrogen (secondary N) is 1. The molecule has 1 aliphatic carbocycles. The highest BCUT2D eigenvalue weighted by Gasteiger charge is 2.25. The fraction of sp³-hybridized carbons (Fsp3) is 0.471. The molecule has 1 heterocycles. The van der Waals surface area contributed by atoms with Gasteiger partial charge in [-0.3, -0.25) is 0 Å². The van der Waals surface area contributed by atoms with E-state index < -0.39 is 0 Å². The van der Waals surface area contributed by atoms with E-state index in [-0.39, 0.29) is 18.3 Å². The Hall–Kier alpha value is -1.30. The molecule has 2 unspecified atom stereocenters. The van der Waals surface area contributed by atoms with Gasteiger partial charge in [0.25, 0.3) is 0 Å². The number of benzene rings is 1. The summed E-state index contributed by atoms with van der Waals surface area (Å²) in [6.07, 6.45) is 3.25. The summed E-state index contributed by atoms with van der Waals surface area (Å²) in [4.78, 5) is 6.06. The third-order valence-electron chi connectivity index (χ3n) is 4.07. The van der Waals surface area contributed by atoms with Crippen LogP contribution in [0, 0.1) is 11.7 Å². The molecular formula is C17H21FN2OS. The molecule has 0 saturated carbocycles. The Morgan fingerprint density at radius 2 is 2.18 bits per heavy atom. The Morgan fingerprint density at radius 3 is 2.91 bits per heavy atom. The summed E-state index contributed by atoms with van der Waals surface area (Å²) >= 11 is 1.70. The maximum absolute atomic E-state index is 13.1. The molecule has 1 aromatic carbocycles. The lowest BCUT2D eigenvalue weighted by molar-refractivity contribution is 0.228. The van der Waals surface area contributed by atoms with Gasteiger partial charge in [-0.2, -0.15) is 0 Å². The van der Waals surface area contributed by atoms with Crippen LogP contribution in [0.25, 0.3) is 10.6 Å². The number of halogens is 1. The second-order valence-electron chi connectivity index (χ2n) is 5.98. The average Bonchev–Trinajstić information content (AvgIpc) is 2.97. The molecule has 5 heteroatoms. The van der Waals surface area contributed by atoms with Gasteiger partial charge in [-0.15, -0.1) is 11.3 Å². The van der Waals surface area contributed by atoms with E-state index in [9.17, 15) is 4.39 Å². The molecule has 0 aliphatic heterocycles. The summed E-state index contributed by atoms with van der Waals surface area (Å²) < 4.78 is 13.1. The van der Waals surface area contributed by atoms with E-state index in [0.29, 0.717) is 6.04 Å². The minimum absolute atomic E-state index is 0.204. The maximum Gasteiger partial charge on any atom is 0.123 e. The van der Waals surface area contributed by atoms with Crippen LogP contribution < -0.4 is 5.32 Å². The van der Waals surface area contributed by atoms with Crippen molar-refractivity contribution >= 4 is 11.3 Å². The number of aromatic nitrogens is 1. The zero-order chi connectivity index (χ0) is 15.5. The standard InChI is InChI=1S/C17H21FN2OS/c1-11(10-21)9-19-14-3-2-4-15-16(14)22-17(20-15)12-5-7-13(18)8-6-12/h5-8,11,14,19,21H,2-4,9-10H2,1H3. The Labute approximate surface area is 134 Å². The van der Waals surface area contributed by atoms with Crippen molar-refractivity contribution < 1.29 is 9.50 Å². The first-order valence-corrected chi connectivity index (χ1v) is 8.59. The number of rotatable bonds is 5. The molecule has 1 aromatic heterocycles. The van der Waals surface area contributed by atoms with Crippen LogP contribution >= 0.6 is 11.3 Å². The Morgan fingerprint density at radius 1 is 1.41 bits per heavy atom. The van der Waals surface area contributed by atoms with Crippen LogP contribution in [-0.4, -0.2) is 23.2 Å². The van der Waals surface area contributed by atoms with Crippen LogP contribution in [0.5, 0.6) is 0 Å². The quantitative estimate of drug-likeness (QED) is 0.885. The predicted molar refractivity (Wildman–Crippen MR) is 87.4 cm³/mol. The summed E-state index contributed by atoms with van der Waals surface area (Å²) in [5.41, 5.74) is 2.15. The number of aliphatic hydroxyl groups excluding tert-OH is 1. The number of aryl methyl sites for hydroxylation is 1. The third-order valence-corrected chi connectivity index (χ3v) is 5.33. The van der Waals surface area contributed by atoms with Gasteiger partial charge in [0.15, 0.2) is 0 Å². The normalized spacial score (nSPS) is 19.0. The highest BCUT2D eigenvalue weighted by atomic mass is 32.1. The van der Waals surface area contributed by atoms with E-state index >= 15 is 0 Å². The van der Waals surface area contributed by atoms with Crippen LogP contribution in [0.2, 0.25) is 0 Å². The molecule has 2 atom stereocenters. The van der Waals surface area contributed by atoms with Crippen LogP contribution in [-0.2, 0) is 6.42 Å². The van der Waals surface area contributed by atoms with Crippen molar-refractivity contribution in [3.05, 3.63) is 40.7 Å². The molecule has 3 nitrogen and oxygen atoms in total. The van der Waals surface area contributed by atoms with Gasteiger partial charge in [0.1, 0.15) is 10.8 Å². The lowest BCUT2D eigenvalue weighted by Crippen LogP contribution is -2.29. The lowest BCUT2D eigenvalue weighted by Gasteiger charge is -2.23. The predicted octanol–water partition coefficient (Wildman–Crippen LogP) is 3.54. The molecule has 0 bridgehead atoms. The second kappa shape index (κ2) is 6.86. The van der Waals surface area contributed by atoms with Crippen molar-refractivity contribution in [2.24, 2.45) is 5.92 Å². The number of nitrogens with zero attached hydrogens (tertiary/aromatic N) is 1. The van der Waals surface area contributed by atoms with Gasteiger partial charge in [0, 0.05) is 29.6 Å². The van der Waals surface area contributed by atoms with Gasteiger partial charge < -0.3 is 10.4 Å². The summed E-state index contributed by atoms with van der Waals surface area (Å²) in [6.45, 7) is 3.05. The van der Waals surface area contributed by atoms with E-state index in [2.05, 4.69) is 5.32 Å². The number of fused-ring (bicyclic) bond motifs is 1. The largest absolute Gasteiger partial charge is 0.396 e. The molecule has 2 aromatic rings. The molecule has 2 N–H and O–H groups in total. The molecule has 0 spiro atoms. The molecular weight excluding hydrogens is 299 g/mol. The van der Waals surface area contributed by atoms with E-state index in [1.54, 1.807) is 23.5 Å². The van der Waals surface area contributed by atoms with Gasteiger partial charge in [0.2, 0.25) is 0 Å². The fourth-order valence-electron chi connectivity index (χ4n) is 2.74. The highest BCUT2D eigenvalue weighted by Crippen LogP contribution is 2.37. The molecule has 0 fully saturated rings. The maximum atomic E-state index is 13.1. The van der Waals surface area contributed by atoms with Gasteiger partial charge in [-0.1, -0.05) is 6.92 Å². The van der Waals surface area contributed by atoms with Crippen LogP contribution in [0.4, 0.5) is 4.39 Å². The Bertz CT molecular complexity index is 626. The first kappa shape index (κ1) is 15.6. The summed E-state index contributed by atoms with van der Waals surface area (Å²) in [5, 5.41) is 13.7. The first-order chi connectivity index (χ1) is 10.7. The minimum Gasteiger partial charge on any atom is -0.396 e. The molecule has 0 radical (unpaired) electrons. The molecule has 22 heavy (non-hydrogen) atoms. The monoisotopic (exact) mass is 320 g/mol. The summed E-state index contributed by atoms with van der Waals surface area (Å²) in [7, 11) is 0. The van der Waals surface area contributed by atoms with E-state index in [0.717, 1.165) is 36.4 Å². The zero-order valence-corrected chi connectivity index (χ0v) is 13.5. The highest BCUT2D eigenvalue weighted by molar-refractivity contribution is 7.15. The van der Waals surface area contributed by atoms with E-state index in [1.165, 1.54) is 22.7 Å². The molecule has 1 aliphatic rings. The fourth-order valence-corrected chi connectivity index (χ4v) is 3.97. The number of hydrogen-bond acceptors (Lipinski definition) is 4.